The minimum Gasteiger partial charge on any atom is -0.481 e. The molecule has 0 heterocycles. The van der Waals surface area contributed by atoms with Crippen molar-refractivity contribution in [3.8, 4) is 0 Å². The summed E-state index contributed by atoms with van der Waals surface area (Å²) in [6.07, 6.45) is 0.335. The molecule has 0 aromatic heterocycles. The van der Waals surface area contributed by atoms with Crippen LogP contribution in [0.5, 0.6) is 0 Å². The van der Waals surface area contributed by atoms with Gasteiger partial charge in [-0.25, -0.2) is 0 Å². The predicted octanol–water partition coefficient (Wildman–Crippen LogP) is 1.41. The molecule has 5 heteroatoms. The molecule has 1 saturated carbocycles. The Hall–Kier alpha value is -2.17. The maximum atomic E-state index is 11.8. The molecule has 0 bridgehead atoms. The lowest BCUT2D eigenvalue weighted by atomic mass is 9.96. The van der Waals surface area contributed by atoms with Crippen LogP contribution in [0.3, 0.4) is 0 Å². The van der Waals surface area contributed by atoms with E-state index in [1.807, 2.05) is 18.2 Å². The van der Waals surface area contributed by atoms with Gasteiger partial charge in [-0.3, -0.25) is 14.4 Å². The largest absolute Gasteiger partial charge is 0.481 e. The first-order valence-corrected chi connectivity index (χ1v) is 6.05. The molecule has 19 heavy (non-hydrogen) atoms. The molecule has 5 nitrogen and oxygen atoms in total. The van der Waals surface area contributed by atoms with Crippen LogP contribution >= 0.6 is 0 Å². The number of aliphatic carboxylic acids is 1. The average Bonchev–Trinajstić information content (AvgIpc) is 2.79. The monoisotopic (exact) mass is 262 g/mol. The van der Waals surface area contributed by atoms with Gasteiger partial charge in [-0.1, -0.05) is 30.3 Å². The van der Waals surface area contributed by atoms with E-state index in [0.717, 1.165) is 5.56 Å². The Balaban J connectivity index is 1.99. The van der Waals surface area contributed by atoms with Crippen molar-refractivity contribution in [3.05, 3.63) is 35.9 Å². The van der Waals surface area contributed by atoms with E-state index in [9.17, 15) is 14.4 Å². The van der Waals surface area contributed by atoms with Crippen LogP contribution in [0.4, 0.5) is 0 Å². The highest BCUT2D eigenvalue weighted by atomic mass is 16.5. The molecule has 0 amide bonds. The summed E-state index contributed by atoms with van der Waals surface area (Å²) in [5.74, 6) is -4.30. The van der Waals surface area contributed by atoms with Gasteiger partial charge in [0.15, 0.2) is 0 Å². The summed E-state index contributed by atoms with van der Waals surface area (Å²) < 4.78 is 5.04. The van der Waals surface area contributed by atoms with Crippen molar-refractivity contribution < 1.29 is 24.2 Å². The molecule has 1 aliphatic carbocycles. The lowest BCUT2D eigenvalue weighted by molar-refractivity contribution is -0.159. The molecule has 2 atom stereocenters. The van der Waals surface area contributed by atoms with Crippen molar-refractivity contribution in [2.24, 2.45) is 11.8 Å². The molecule has 100 valence electrons. The number of carbonyl (C=O) groups excluding carboxylic acids is 2. The van der Waals surface area contributed by atoms with Crippen molar-refractivity contribution in [1.82, 2.24) is 0 Å². The highest BCUT2D eigenvalue weighted by Gasteiger charge is 2.45. The van der Waals surface area contributed by atoms with E-state index in [1.165, 1.54) is 0 Å². The lowest BCUT2D eigenvalue weighted by Gasteiger charge is -2.13. The minimum absolute atomic E-state index is 0.0514. The van der Waals surface area contributed by atoms with E-state index in [-0.39, 0.29) is 25.2 Å². The van der Waals surface area contributed by atoms with Crippen molar-refractivity contribution in [1.29, 1.82) is 0 Å². The Kier molecular flexibility index (Phi) is 3.94. The maximum Gasteiger partial charge on any atom is 0.317 e. The fraction of sp³-hybridized carbons (Fsp3) is 0.357. The standard InChI is InChI=1S/C14H14O5/c15-11-7-6-10(13(16)17)12(11)14(18)19-8-9-4-2-1-3-5-9/h1-5,10,12H,6-8H2,(H,16,17)/t10-,12+/m0/s1. The molecule has 1 aromatic carbocycles. The van der Waals surface area contributed by atoms with Crippen molar-refractivity contribution in [2.45, 2.75) is 19.4 Å². The number of carboxylic acid groups (broad SMARTS) is 1. The highest BCUT2D eigenvalue weighted by molar-refractivity contribution is 6.04. The molecule has 0 aliphatic heterocycles. The van der Waals surface area contributed by atoms with Crippen LogP contribution in [0.1, 0.15) is 18.4 Å². The number of hydrogen-bond acceptors (Lipinski definition) is 4. The minimum atomic E-state index is -1.15. The summed E-state index contributed by atoms with van der Waals surface area (Å²) in [6, 6.07) is 9.04. The van der Waals surface area contributed by atoms with Gasteiger partial charge < -0.3 is 9.84 Å². The number of esters is 1. The van der Waals surface area contributed by atoms with E-state index < -0.39 is 23.8 Å². The highest BCUT2D eigenvalue weighted by Crippen LogP contribution is 2.30. The van der Waals surface area contributed by atoms with Gasteiger partial charge in [0.1, 0.15) is 18.3 Å². The van der Waals surface area contributed by atoms with Crippen molar-refractivity contribution >= 4 is 17.7 Å². The van der Waals surface area contributed by atoms with E-state index in [1.54, 1.807) is 12.1 Å². The first-order chi connectivity index (χ1) is 9.09. The number of ketones is 1. The number of carbonyl (C=O) groups is 3. The summed E-state index contributed by atoms with van der Waals surface area (Å²) in [6.45, 7) is 0.0514. The second-order valence-electron chi connectivity index (χ2n) is 4.52. The molecule has 2 rings (SSSR count). The SMILES string of the molecule is O=C1CC[C@H](C(=O)O)[C@H]1C(=O)OCc1ccccc1. The van der Waals surface area contributed by atoms with E-state index >= 15 is 0 Å². The molecule has 1 aromatic rings. The number of hydrogen-bond donors (Lipinski definition) is 1. The van der Waals surface area contributed by atoms with Gasteiger partial charge in [0.05, 0.1) is 5.92 Å². The Morgan fingerprint density at radius 1 is 1.26 bits per heavy atom. The molecule has 1 fully saturated rings. The third-order valence-corrected chi connectivity index (χ3v) is 3.25. The Morgan fingerprint density at radius 2 is 1.95 bits per heavy atom. The van der Waals surface area contributed by atoms with E-state index in [4.69, 9.17) is 9.84 Å². The zero-order valence-electron chi connectivity index (χ0n) is 10.2. The second-order valence-corrected chi connectivity index (χ2v) is 4.52. The summed E-state index contributed by atoms with van der Waals surface area (Å²) in [5, 5.41) is 8.98. The number of ether oxygens (including phenoxy) is 1. The summed E-state index contributed by atoms with van der Waals surface area (Å²) in [5.41, 5.74) is 0.799. The molecule has 0 saturated heterocycles. The lowest BCUT2D eigenvalue weighted by Crippen LogP contribution is -2.31. The van der Waals surface area contributed by atoms with E-state index in [2.05, 4.69) is 0 Å². The van der Waals surface area contributed by atoms with Gasteiger partial charge in [0.25, 0.3) is 0 Å². The first-order valence-electron chi connectivity index (χ1n) is 6.05. The van der Waals surface area contributed by atoms with Gasteiger partial charge in [-0.2, -0.15) is 0 Å². The summed E-state index contributed by atoms with van der Waals surface area (Å²) in [4.78, 5) is 34.4. The number of rotatable bonds is 4. The fourth-order valence-electron chi connectivity index (χ4n) is 2.22. The number of Topliss-reactive ketones (excluding diaryl/α,β-unsaturated/α-hetero) is 1. The molecule has 0 radical (unpaired) electrons. The van der Waals surface area contributed by atoms with Crippen molar-refractivity contribution in [2.75, 3.05) is 0 Å². The molecular weight excluding hydrogens is 248 g/mol. The summed E-state index contributed by atoms with van der Waals surface area (Å²) >= 11 is 0. The van der Waals surface area contributed by atoms with Gasteiger partial charge >= 0.3 is 11.9 Å². The third kappa shape index (κ3) is 2.99. The predicted molar refractivity (Wildman–Crippen MR) is 65.1 cm³/mol. The average molecular weight is 262 g/mol. The molecule has 0 spiro atoms. The summed E-state index contributed by atoms with van der Waals surface area (Å²) in [7, 11) is 0. The van der Waals surface area contributed by atoms with Gasteiger partial charge in [0.2, 0.25) is 0 Å². The second kappa shape index (κ2) is 5.65. The normalized spacial score (nSPS) is 22.2. The zero-order chi connectivity index (χ0) is 13.8. The Bertz CT molecular complexity index is 494. The first kappa shape index (κ1) is 13.3. The Morgan fingerprint density at radius 3 is 2.58 bits per heavy atom. The maximum absolute atomic E-state index is 11.8. The van der Waals surface area contributed by atoms with Crippen LogP contribution in [-0.2, 0) is 25.7 Å². The Labute approximate surface area is 110 Å². The van der Waals surface area contributed by atoms with Crippen LogP contribution < -0.4 is 0 Å². The van der Waals surface area contributed by atoms with Crippen molar-refractivity contribution in [3.63, 3.8) is 0 Å². The van der Waals surface area contributed by atoms with Crippen LogP contribution in [0.2, 0.25) is 0 Å². The van der Waals surface area contributed by atoms with Gasteiger partial charge in [-0.15, -0.1) is 0 Å². The fourth-order valence-corrected chi connectivity index (χ4v) is 2.22. The van der Waals surface area contributed by atoms with Gasteiger partial charge in [-0.05, 0) is 12.0 Å². The van der Waals surface area contributed by atoms with Crippen LogP contribution in [0.15, 0.2) is 30.3 Å². The third-order valence-electron chi connectivity index (χ3n) is 3.25. The smallest absolute Gasteiger partial charge is 0.317 e. The quantitative estimate of drug-likeness (QED) is 0.655. The molecule has 1 aliphatic rings. The van der Waals surface area contributed by atoms with Gasteiger partial charge in [0, 0.05) is 6.42 Å². The topological polar surface area (TPSA) is 80.7 Å². The molecular formula is C14H14O5. The number of benzene rings is 1. The molecule has 1 N–H and O–H groups in total. The molecule has 0 unspecified atom stereocenters. The van der Waals surface area contributed by atoms with Crippen LogP contribution in [0.25, 0.3) is 0 Å². The van der Waals surface area contributed by atoms with Crippen LogP contribution in [-0.4, -0.2) is 22.8 Å². The van der Waals surface area contributed by atoms with E-state index in [0.29, 0.717) is 0 Å². The number of carboxylic acids is 1. The zero-order valence-corrected chi connectivity index (χ0v) is 10.2. The van der Waals surface area contributed by atoms with Crippen LogP contribution in [0, 0.1) is 11.8 Å².